The number of non-ortho nitro benzene ring substituents is 1. The summed E-state index contributed by atoms with van der Waals surface area (Å²) in [6, 6.07) is 13.0. The van der Waals surface area contributed by atoms with E-state index >= 15 is 0 Å². The Labute approximate surface area is 173 Å². The number of hydrogen-bond donors (Lipinski definition) is 0. The second-order valence-corrected chi connectivity index (χ2v) is 7.26. The van der Waals surface area contributed by atoms with Gasteiger partial charge in [0.05, 0.1) is 21.7 Å². The van der Waals surface area contributed by atoms with Gasteiger partial charge in [0, 0.05) is 17.5 Å². The number of aromatic nitrogens is 1. The van der Waals surface area contributed by atoms with Gasteiger partial charge in [-0.15, -0.1) is 0 Å². The standard InChI is InChI=1S/C20H15N3O6S/c1-2-28-18(24)11-22-14-8-7-13(23(26)27)10-17(14)30-20(22)21-19(25)16-9-12-5-3-4-6-15(12)29-16/h3-10H,2,11H2,1H3. The minimum absolute atomic E-state index is 0.0577. The van der Waals surface area contributed by atoms with Gasteiger partial charge in [-0.05, 0) is 25.1 Å². The Bertz CT molecular complexity index is 1330. The van der Waals surface area contributed by atoms with Gasteiger partial charge in [0.25, 0.3) is 5.69 Å². The maximum atomic E-state index is 12.7. The monoisotopic (exact) mass is 425 g/mol. The van der Waals surface area contributed by atoms with Crippen molar-refractivity contribution in [1.29, 1.82) is 0 Å². The molecule has 10 heteroatoms. The molecule has 0 bridgehead atoms. The predicted molar refractivity (Wildman–Crippen MR) is 109 cm³/mol. The molecule has 0 unspecified atom stereocenters. The van der Waals surface area contributed by atoms with Crippen LogP contribution in [-0.2, 0) is 16.1 Å². The van der Waals surface area contributed by atoms with Gasteiger partial charge in [0.1, 0.15) is 12.1 Å². The van der Waals surface area contributed by atoms with E-state index in [0.717, 1.165) is 16.7 Å². The normalized spacial score (nSPS) is 11.8. The molecule has 1 amide bonds. The van der Waals surface area contributed by atoms with E-state index in [1.54, 1.807) is 25.1 Å². The van der Waals surface area contributed by atoms with Gasteiger partial charge in [0.2, 0.25) is 0 Å². The molecule has 0 aliphatic heterocycles. The van der Waals surface area contributed by atoms with Crippen molar-refractivity contribution >= 4 is 50.1 Å². The molecule has 0 spiro atoms. The highest BCUT2D eigenvalue weighted by molar-refractivity contribution is 7.16. The van der Waals surface area contributed by atoms with Gasteiger partial charge in [0.15, 0.2) is 10.6 Å². The van der Waals surface area contributed by atoms with E-state index < -0.39 is 16.8 Å². The van der Waals surface area contributed by atoms with Gasteiger partial charge in [-0.2, -0.15) is 4.99 Å². The van der Waals surface area contributed by atoms with E-state index in [2.05, 4.69) is 4.99 Å². The number of benzene rings is 2. The van der Waals surface area contributed by atoms with Gasteiger partial charge in [-0.1, -0.05) is 29.5 Å². The Morgan fingerprint density at radius 3 is 2.77 bits per heavy atom. The number of rotatable bonds is 5. The highest BCUT2D eigenvalue weighted by Gasteiger charge is 2.17. The molecule has 2 heterocycles. The summed E-state index contributed by atoms with van der Waals surface area (Å²) in [5.41, 5.74) is 0.999. The van der Waals surface area contributed by atoms with Crippen molar-refractivity contribution < 1.29 is 23.7 Å². The van der Waals surface area contributed by atoms with E-state index in [4.69, 9.17) is 9.15 Å². The maximum absolute atomic E-state index is 12.7. The van der Waals surface area contributed by atoms with Crippen LogP contribution in [0.1, 0.15) is 17.5 Å². The fourth-order valence-corrected chi connectivity index (χ4v) is 4.04. The molecule has 2 aromatic carbocycles. The van der Waals surface area contributed by atoms with Gasteiger partial charge < -0.3 is 13.7 Å². The number of fused-ring (bicyclic) bond motifs is 2. The lowest BCUT2D eigenvalue weighted by Crippen LogP contribution is -2.23. The Balaban J connectivity index is 1.83. The third-order valence-electron chi connectivity index (χ3n) is 4.30. The molecule has 0 fully saturated rings. The fraction of sp³-hybridized carbons (Fsp3) is 0.150. The zero-order valence-electron chi connectivity index (χ0n) is 15.7. The number of amides is 1. The van der Waals surface area contributed by atoms with Crippen molar-refractivity contribution in [2.75, 3.05) is 6.61 Å². The highest BCUT2D eigenvalue weighted by atomic mass is 32.1. The molecular formula is C20H15N3O6S. The first-order valence-electron chi connectivity index (χ1n) is 8.97. The van der Waals surface area contributed by atoms with Gasteiger partial charge >= 0.3 is 11.9 Å². The first-order chi connectivity index (χ1) is 14.5. The van der Waals surface area contributed by atoms with Crippen LogP contribution in [0.2, 0.25) is 0 Å². The van der Waals surface area contributed by atoms with Crippen molar-refractivity contribution in [2.45, 2.75) is 13.5 Å². The van der Waals surface area contributed by atoms with Crippen LogP contribution in [0.5, 0.6) is 0 Å². The Kier molecular flexibility index (Phi) is 5.15. The first kappa shape index (κ1) is 19.5. The summed E-state index contributed by atoms with van der Waals surface area (Å²) in [6.07, 6.45) is 0. The highest BCUT2D eigenvalue weighted by Crippen LogP contribution is 2.24. The largest absolute Gasteiger partial charge is 0.465 e. The first-order valence-corrected chi connectivity index (χ1v) is 9.79. The average molecular weight is 425 g/mol. The quantitative estimate of drug-likeness (QED) is 0.274. The smallest absolute Gasteiger partial charge is 0.326 e. The number of furan rings is 1. The number of esters is 1. The Morgan fingerprint density at radius 2 is 2.03 bits per heavy atom. The van der Waals surface area contributed by atoms with Gasteiger partial charge in [-0.25, -0.2) is 0 Å². The van der Waals surface area contributed by atoms with Crippen LogP contribution in [0.3, 0.4) is 0 Å². The van der Waals surface area contributed by atoms with E-state index in [1.807, 2.05) is 12.1 Å². The maximum Gasteiger partial charge on any atom is 0.326 e. The number of nitro benzene ring substituents is 1. The van der Waals surface area contributed by atoms with Crippen LogP contribution in [0.15, 0.2) is 57.9 Å². The second-order valence-electron chi connectivity index (χ2n) is 6.25. The predicted octanol–water partition coefficient (Wildman–Crippen LogP) is 3.66. The summed E-state index contributed by atoms with van der Waals surface area (Å²) in [5, 5.41) is 11.9. The van der Waals surface area contributed by atoms with Crippen LogP contribution in [0, 0.1) is 10.1 Å². The number of para-hydroxylation sites is 1. The van der Waals surface area contributed by atoms with E-state index in [-0.39, 0.29) is 29.4 Å². The van der Waals surface area contributed by atoms with E-state index in [0.29, 0.717) is 15.8 Å². The molecule has 9 nitrogen and oxygen atoms in total. The molecule has 0 saturated carbocycles. The molecule has 0 saturated heterocycles. The molecule has 0 radical (unpaired) electrons. The lowest BCUT2D eigenvalue weighted by atomic mass is 10.2. The molecule has 152 valence electrons. The summed E-state index contributed by atoms with van der Waals surface area (Å²) in [4.78, 5) is 39.7. The van der Waals surface area contributed by atoms with Crippen molar-refractivity contribution in [2.24, 2.45) is 4.99 Å². The van der Waals surface area contributed by atoms with Crippen molar-refractivity contribution in [1.82, 2.24) is 4.57 Å². The summed E-state index contributed by atoms with van der Waals surface area (Å²) in [5.74, 6) is -1.07. The average Bonchev–Trinajstić information content (AvgIpc) is 3.29. The lowest BCUT2D eigenvalue weighted by Gasteiger charge is -2.04. The molecule has 0 N–H and O–H groups in total. The SMILES string of the molecule is CCOC(=O)Cn1c(=NC(=O)c2cc3ccccc3o2)sc2cc([N+](=O)[O-])ccc21. The molecule has 0 aliphatic rings. The minimum atomic E-state index is -0.620. The number of nitrogens with zero attached hydrogens (tertiary/aromatic N) is 3. The molecule has 0 aliphatic carbocycles. The second kappa shape index (κ2) is 7.91. The Morgan fingerprint density at radius 1 is 1.23 bits per heavy atom. The third-order valence-corrected chi connectivity index (χ3v) is 5.34. The molecule has 4 rings (SSSR count). The molecule has 0 atom stereocenters. The fourth-order valence-electron chi connectivity index (χ4n) is 2.98. The van der Waals surface area contributed by atoms with Crippen molar-refractivity contribution in [3.05, 3.63) is 69.2 Å². The number of hydrogen-bond acceptors (Lipinski definition) is 7. The number of ether oxygens (including phenoxy) is 1. The minimum Gasteiger partial charge on any atom is -0.465 e. The van der Waals surface area contributed by atoms with Crippen molar-refractivity contribution in [3.8, 4) is 0 Å². The van der Waals surface area contributed by atoms with Crippen LogP contribution in [0.25, 0.3) is 21.2 Å². The molecular weight excluding hydrogens is 410 g/mol. The molecule has 30 heavy (non-hydrogen) atoms. The zero-order valence-corrected chi connectivity index (χ0v) is 16.5. The summed E-state index contributed by atoms with van der Waals surface area (Å²) < 4.78 is 12.6. The number of carbonyl (C=O) groups is 2. The van der Waals surface area contributed by atoms with Crippen LogP contribution in [0.4, 0.5) is 5.69 Å². The van der Waals surface area contributed by atoms with Crippen LogP contribution >= 0.6 is 11.3 Å². The Hall–Kier alpha value is -3.79. The lowest BCUT2D eigenvalue weighted by molar-refractivity contribution is -0.384. The molecule has 4 aromatic rings. The molecule has 2 aromatic heterocycles. The number of thiazole rings is 1. The number of carbonyl (C=O) groups excluding carboxylic acids is 2. The topological polar surface area (TPSA) is 117 Å². The van der Waals surface area contributed by atoms with E-state index in [9.17, 15) is 19.7 Å². The summed E-state index contributed by atoms with van der Waals surface area (Å²) in [6.45, 7) is 1.71. The zero-order chi connectivity index (χ0) is 21.3. The van der Waals surface area contributed by atoms with Crippen LogP contribution < -0.4 is 4.80 Å². The third kappa shape index (κ3) is 3.72. The number of nitro groups is 1. The van der Waals surface area contributed by atoms with Gasteiger partial charge in [-0.3, -0.25) is 19.7 Å². The summed E-state index contributed by atoms with van der Waals surface area (Å²) >= 11 is 1.07. The summed E-state index contributed by atoms with van der Waals surface area (Å²) in [7, 11) is 0. The van der Waals surface area contributed by atoms with Crippen molar-refractivity contribution in [3.63, 3.8) is 0 Å². The van der Waals surface area contributed by atoms with E-state index in [1.165, 1.54) is 22.8 Å². The van der Waals surface area contributed by atoms with Crippen LogP contribution in [-0.4, -0.2) is 28.0 Å².